The van der Waals surface area contributed by atoms with Crippen LogP contribution in [0.15, 0.2) is 35.3 Å². The van der Waals surface area contributed by atoms with E-state index in [0.717, 1.165) is 17.9 Å². The fourth-order valence-electron chi connectivity index (χ4n) is 3.96. The third kappa shape index (κ3) is 5.33. The first-order valence-electron chi connectivity index (χ1n) is 9.59. The Morgan fingerprint density at radius 3 is 2.44 bits per heavy atom. The number of piperidine rings is 1. The Kier molecular flexibility index (Phi) is 6.61. The maximum atomic E-state index is 4.45. The molecular formula is C20H31IN4. The van der Waals surface area contributed by atoms with Gasteiger partial charge in [-0.2, -0.15) is 0 Å². The fourth-order valence-corrected chi connectivity index (χ4v) is 3.96. The third-order valence-corrected chi connectivity index (χ3v) is 5.74. The van der Waals surface area contributed by atoms with Crippen molar-refractivity contribution in [1.29, 1.82) is 0 Å². The normalized spacial score (nSPS) is 27.5. The van der Waals surface area contributed by atoms with Gasteiger partial charge in [0.05, 0.1) is 0 Å². The molecule has 1 aromatic carbocycles. The summed E-state index contributed by atoms with van der Waals surface area (Å²) in [6.07, 6.45) is 7.77. The van der Waals surface area contributed by atoms with Crippen LogP contribution in [0.5, 0.6) is 0 Å². The summed E-state index contributed by atoms with van der Waals surface area (Å²) in [6, 6.07) is 12.9. The molecule has 5 heteroatoms. The maximum Gasteiger partial charge on any atom is 0.191 e. The predicted molar refractivity (Wildman–Crippen MR) is 115 cm³/mol. The number of guanidine groups is 1. The van der Waals surface area contributed by atoms with E-state index in [-0.39, 0.29) is 24.0 Å². The highest BCUT2D eigenvalue weighted by molar-refractivity contribution is 14.0. The van der Waals surface area contributed by atoms with Crippen LogP contribution in [0.4, 0.5) is 0 Å². The molecular weight excluding hydrogens is 423 g/mol. The highest BCUT2D eigenvalue weighted by atomic mass is 127. The number of nitrogens with zero attached hydrogens (tertiary/aromatic N) is 2. The van der Waals surface area contributed by atoms with E-state index in [1.807, 2.05) is 7.05 Å². The number of hydrogen-bond acceptors (Lipinski definition) is 2. The third-order valence-electron chi connectivity index (χ3n) is 5.74. The molecule has 0 radical (unpaired) electrons. The number of nitrogens with one attached hydrogen (secondary N) is 2. The molecule has 0 bridgehead atoms. The number of benzene rings is 1. The second-order valence-electron chi connectivity index (χ2n) is 7.69. The van der Waals surface area contributed by atoms with Crippen LogP contribution < -0.4 is 10.6 Å². The molecule has 1 aliphatic heterocycles. The van der Waals surface area contributed by atoms with Crippen molar-refractivity contribution in [2.24, 2.45) is 10.9 Å². The molecule has 25 heavy (non-hydrogen) atoms. The SMILES string of the molecule is CN=C(NC1CCN(C2CC2)CC1)NC1CC1Cc1ccccc1.I. The van der Waals surface area contributed by atoms with Crippen molar-refractivity contribution < 1.29 is 0 Å². The molecule has 1 saturated heterocycles. The number of halogens is 1. The molecule has 2 atom stereocenters. The van der Waals surface area contributed by atoms with Gasteiger partial charge >= 0.3 is 0 Å². The molecule has 3 aliphatic rings. The lowest BCUT2D eigenvalue weighted by Crippen LogP contribution is -2.49. The number of hydrogen-bond donors (Lipinski definition) is 2. The van der Waals surface area contributed by atoms with Crippen LogP contribution in [0.3, 0.4) is 0 Å². The summed E-state index contributed by atoms with van der Waals surface area (Å²) in [5.41, 5.74) is 1.45. The first-order chi connectivity index (χ1) is 11.8. The van der Waals surface area contributed by atoms with Crippen LogP contribution >= 0.6 is 24.0 Å². The van der Waals surface area contributed by atoms with Crippen molar-refractivity contribution in [2.75, 3.05) is 20.1 Å². The van der Waals surface area contributed by atoms with E-state index in [9.17, 15) is 0 Å². The van der Waals surface area contributed by atoms with Gasteiger partial charge in [-0.05, 0) is 50.0 Å². The van der Waals surface area contributed by atoms with Crippen molar-refractivity contribution in [1.82, 2.24) is 15.5 Å². The summed E-state index contributed by atoms with van der Waals surface area (Å²) in [7, 11) is 1.89. The van der Waals surface area contributed by atoms with Gasteiger partial charge < -0.3 is 15.5 Å². The Bertz CT molecular complexity index is 564. The van der Waals surface area contributed by atoms with Crippen LogP contribution in [0, 0.1) is 5.92 Å². The van der Waals surface area contributed by atoms with Gasteiger partial charge in [0.2, 0.25) is 0 Å². The Labute approximate surface area is 168 Å². The molecule has 2 aliphatic carbocycles. The van der Waals surface area contributed by atoms with E-state index in [4.69, 9.17) is 0 Å². The summed E-state index contributed by atoms with van der Waals surface area (Å²) < 4.78 is 0. The van der Waals surface area contributed by atoms with E-state index >= 15 is 0 Å². The molecule has 138 valence electrons. The van der Waals surface area contributed by atoms with E-state index < -0.39 is 0 Å². The average Bonchev–Trinajstić information content (AvgIpc) is 3.53. The van der Waals surface area contributed by atoms with Crippen LogP contribution in [0.25, 0.3) is 0 Å². The highest BCUT2D eigenvalue weighted by Gasteiger charge is 2.38. The van der Waals surface area contributed by atoms with E-state index in [0.29, 0.717) is 12.1 Å². The zero-order valence-corrected chi connectivity index (χ0v) is 17.5. The minimum absolute atomic E-state index is 0. The predicted octanol–water partition coefficient (Wildman–Crippen LogP) is 3.03. The molecule has 1 heterocycles. The lowest BCUT2D eigenvalue weighted by Gasteiger charge is -2.33. The van der Waals surface area contributed by atoms with Crippen LogP contribution in [-0.2, 0) is 6.42 Å². The van der Waals surface area contributed by atoms with E-state index in [1.54, 1.807) is 0 Å². The van der Waals surface area contributed by atoms with Gasteiger partial charge in [-0.15, -0.1) is 24.0 Å². The average molecular weight is 454 g/mol. The summed E-state index contributed by atoms with van der Waals surface area (Å²) in [4.78, 5) is 7.12. The standard InChI is InChI=1S/C20H30N4.HI/c1-21-20(22-17-9-11-24(12-10-17)18-7-8-18)23-19-14-16(19)13-15-5-3-2-4-6-15;/h2-6,16-19H,7-14H2,1H3,(H2,21,22,23);1H. The highest BCUT2D eigenvalue weighted by Crippen LogP contribution is 2.33. The van der Waals surface area contributed by atoms with Crippen LogP contribution in [0.1, 0.15) is 37.7 Å². The first-order valence-corrected chi connectivity index (χ1v) is 9.59. The van der Waals surface area contributed by atoms with Crippen molar-refractivity contribution >= 4 is 29.9 Å². The van der Waals surface area contributed by atoms with Crippen LogP contribution in [-0.4, -0.2) is 49.1 Å². The topological polar surface area (TPSA) is 39.7 Å². The molecule has 3 fully saturated rings. The minimum atomic E-state index is 0. The largest absolute Gasteiger partial charge is 0.354 e. The zero-order chi connectivity index (χ0) is 16.4. The van der Waals surface area contributed by atoms with Gasteiger partial charge in [0.15, 0.2) is 5.96 Å². The smallest absolute Gasteiger partial charge is 0.191 e. The fraction of sp³-hybridized carbons (Fsp3) is 0.650. The van der Waals surface area contributed by atoms with Gasteiger partial charge in [-0.1, -0.05) is 30.3 Å². The number of aliphatic imine (C=N–C) groups is 1. The summed E-state index contributed by atoms with van der Waals surface area (Å²) >= 11 is 0. The van der Waals surface area contributed by atoms with Gasteiger partial charge in [-0.3, -0.25) is 4.99 Å². The summed E-state index contributed by atoms with van der Waals surface area (Å²) in [5.74, 6) is 1.75. The van der Waals surface area contributed by atoms with Crippen molar-refractivity contribution in [2.45, 2.75) is 56.7 Å². The van der Waals surface area contributed by atoms with E-state index in [1.165, 1.54) is 57.2 Å². The van der Waals surface area contributed by atoms with Crippen molar-refractivity contribution in [3.63, 3.8) is 0 Å². The Morgan fingerprint density at radius 2 is 1.80 bits per heavy atom. The van der Waals surface area contributed by atoms with Crippen molar-refractivity contribution in [3.8, 4) is 0 Å². The number of rotatable bonds is 5. The number of likely N-dealkylation sites (tertiary alicyclic amines) is 1. The molecule has 4 rings (SSSR count). The Morgan fingerprint density at radius 1 is 1.08 bits per heavy atom. The molecule has 0 aromatic heterocycles. The molecule has 4 nitrogen and oxygen atoms in total. The molecule has 1 aromatic rings. The molecule has 0 amide bonds. The molecule has 2 saturated carbocycles. The van der Waals surface area contributed by atoms with Crippen molar-refractivity contribution in [3.05, 3.63) is 35.9 Å². The molecule has 0 spiro atoms. The zero-order valence-electron chi connectivity index (χ0n) is 15.2. The summed E-state index contributed by atoms with van der Waals surface area (Å²) in [5, 5.41) is 7.28. The van der Waals surface area contributed by atoms with E-state index in [2.05, 4.69) is 50.9 Å². The Balaban J connectivity index is 0.00000182. The minimum Gasteiger partial charge on any atom is -0.354 e. The summed E-state index contributed by atoms with van der Waals surface area (Å²) in [6.45, 7) is 2.50. The monoisotopic (exact) mass is 454 g/mol. The van der Waals surface area contributed by atoms with Gasteiger partial charge in [0, 0.05) is 38.3 Å². The lowest BCUT2D eigenvalue weighted by molar-refractivity contribution is 0.197. The lowest BCUT2D eigenvalue weighted by atomic mass is 10.1. The quantitative estimate of drug-likeness (QED) is 0.408. The first kappa shape index (κ1) is 19.0. The molecule has 2 N–H and O–H groups in total. The van der Waals surface area contributed by atoms with Crippen LogP contribution in [0.2, 0.25) is 0 Å². The molecule has 2 unspecified atom stereocenters. The van der Waals surface area contributed by atoms with Gasteiger partial charge in [0.1, 0.15) is 0 Å². The maximum absolute atomic E-state index is 4.45. The second kappa shape index (κ2) is 8.71. The van der Waals surface area contributed by atoms with Gasteiger partial charge in [0.25, 0.3) is 0 Å². The second-order valence-corrected chi connectivity index (χ2v) is 7.69. The Hall–Kier alpha value is -0.820. The van der Waals surface area contributed by atoms with Gasteiger partial charge in [-0.25, -0.2) is 0 Å².